The highest BCUT2D eigenvalue weighted by Gasteiger charge is 2.35. The summed E-state index contributed by atoms with van der Waals surface area (Å²) in [6, 6.07) is 15.7. The average Bonchev–Trinajstić information content (AvgIpc) is 2.82. The van der Waals surface area contributed by atoms with Crippen molar-refractivity contribution in [2.24, 2.45) is 5.92 Å². The lowest BCUT2D eigenvalue weighted by atomic mass is 9.88. The molecule has 2 bridgehead atoms. The van der Waals surface area contributed by atoms with Gasteiger partial charge in [0.05, 0.1) is 0 Å². The number of nitrogens with zero attached hydrogens (tertiary/aromatic N) is 2. The molecule has 0 radical (unpaired) electrons. The quantitative estimate of drug-likeness (QED) is 0.848. The van der Waals surface area contributed by atoms with Gasteiger partial charge in [0.15, 0.2) is 0 Å². The number of pyridine rings is 1. The first-order valence-corrected chi connectivity index (χ1v) is 7.77. The predicted molar refractivity (Wildman–Crippen MR) is 85.6 cm³/mol. The summed E-state index contributed by atoms with van der Waals surface area (Å²) in [6.07, 6.45) is 8.81. The van der Waals surface area contributed by atoms with Gasteiger partial charge in [0, 0.05) is 31.5 Å². The molecule has 0 amide bonds. The van der Waals surface area contributed by atoms with Crippen molar-refractivity contribution in [2.45, 2.75) is 25.4 Å². The Morgan fingerprint density at radius 1 is 1.10 bits per heavy atom. The van der Waals surface area contributed by atoms with E-state index in [1.807, 2.05) is 18.5 Å². The monoisotopic (exact) mass is 276 g/mol. The zero-order chi connectivity index (χ0) is 14.1. The van der Waals surface area contributed by atoms with Crippen molar-refractivity contribution in [1.82, 2.24) is 9.88 Å². The first-order valence-electron chi connectivity index (χ1n) is 7.77. The molecule has 1 aromatic carbocycles. The molecule has 1 aromatic heterocycles. The predicted octanol–water partition coefficient (Wildman–Crippen LogP) is 3.76. The van der Waals surface area contributed by atoms with Crippen molar-refractivity contribution in [1.29, 1.82) is 0 Å². The van der Waals surface area contributed by atoms with E-state index in [0.717, 1.165) is 13.0 Å². The zero-order valence-corrected chi connectivity index (χ0v) is 12.2. The molecule has 0 spiro atoms. The van der Waals surface area contributed by atoms with Crippen molar-refractivity contribution < 1.29 is 0 Å². The molecule has 1 aliphatic heterocycles. The van der Waals surface area contributed by atoms with Gasteiger partial charge in [0.25, 0.3) is 0 Å². The van der Waals surface area contributed by atoms with Crippen LogP contribution in [-0.2, 0) is 6.54 Å². The van der Waals surface area contributed by atoms with E-state index in [0.29, 0.717) is 12.0 Å². The number of hydrogen-bond donors (Lipinski definition) is 0. The van der Waals surface area contributed by atoms with Gasteiger partial charge in [-0.15, -0.1) is 0 Å². The van der Waals surface area contributed by atoms with Gasteiger partial charge in [-0.1, -0.05) is 42.5 Å². The lowest BCUT2D eigenvalue weighted by Crippen LogP contribution is -2.28. The third-order valence-corrected chi connectivity index (χ3v) is 4.71. The summed E-state index contributed by atoms with van der Waals surface area (Å²) in [5.41, 5.74) is 4.21. The van der Waals surface area contributed by atoms with Crippen LogP contribution in [0.15, 0.2) is 60.9 Å². The zero-order valence-electron chi connectivity index (χ0n) is 12.2. The maximum Gasteiger partial charge on any atom is 0.0342 e. The Labute approximate surface area is 126 Å². The number of aromatic nitrogens is 1. The SMILES string of the molecule is C1=C(c2cccnc2)CC2CC1CN2Cc1ccccc1. The molecular weight excluding hydrogens is 256 g/mol. The highest BCUT2D eigenvalue weighted by Crippen LogP contribution is 2.38. The smallest absolute Gasteiger partial charge is 0.0342 e. The maximum absolute atomic E-state index is 4.26. The molecule has 2 heterocycles. The van der Waals surface area contributed by atoms with Crippen molar-refractivity contribution in [3.63, 3.8) is 0 Å². The van der Waals surface area contributed by atoms with Crippen molar-refractivity contribution in [2.75, 3.05) is 6.54 Å². The van der Waals surface area contributed by atoms with Crippen LogP contribution in [0.3, 0.4) is 0 Å². The van der Waals surface area contributed by atoms with Crippen molar-refractivity contribution >= 4 is 5.57 Å². The van der Waals surface area contributed by atoms with Gasteiger partial charge in [-0.25, -0.2) is 0 Å². The third kappa shape index (κ3) is 2.64. The maximum atomic E-state index is 4.26. The van der Waals surface area contributed by atoms with Crippen LogP contribution in [0.25, 0.3) is 5.57 Å². The molecule has 0 N–H and O–H groups in total. The highest BCUT2D eigenvalue weighted by molar-refractivity contribution is 5.66. The van der Waals surface area contributed by atoms with Gasteiger partial charge < -0.3 is 0 Å². The van der Waals surface area contributed by atoms with E-state index in [1.165, 1.54) is 29.7 Å². The lowest BCUT2D eigenvalue weighted by molar-refractivity contribution is 0.248. The molecule has 1 fully saturated rings. The molecule has 106 valence electrons. The van der Waals surface area contributed by atoms with Gasteiger partial charge >= 0.3 is 0 Å². The van der Waals surface area contributed by atoms with Crippen LogP contribution in [0.2, 0.25) is 0 Å². The molecule has 2 atom stereocenters. The molecule has 1 saturated heterocycles. The number of likely N-dealkylation sites (tertiary alicyclic amines) is 1. The van der Waals surface area contributed by atoms with Crippen LogP contribution < -0.4 is 0 Å². The molecule has 2 aliphatic rings. The van der Waals surface area contributed by atoms with Crippen LogP contribution >= 0.6 is 0 Å². The number of fused-ring (bicyclic) bond motifs is 2. The van der Waals surface area contributed by atoms with Gasteiger partial charge in [-0.3, -0.25) is 9.88 Å². The topological polar surface area (TPSA) is 16.1 Å². The third-order valence-electron chi connectivity index (χ3n) is 4.71. The molecule has 21 heavy (non-hydrogen) atoms. The average molecular weight is 276 g/mol. The fraction of sp³-hybridized carbons (Fsp3) is 0.316. The molecule has 4 rings (SSSR count). The summed E-state index contributed by atoms with van der Waals surface area (Å²) >= 11 is 0. The van der Waals surface area contributed by atoms with E-state index in [9.17, 15) is 0 Å². The Kier molecular flexibility index (Phi) is 3.32. The van der Waals surface area contributed by atoms with Crippen LogP contribution in [0, 0.1) is 5.92 Å². The second kappa shape index (κ2) is 5.45. The molecular formula is C19H20N2. The summed E-state index contributed by atoms with van der Waals surface area (Å²) in [5.74, 6) is 0.711. The van der Waals surface area contributed by atoms with E-state index < -0.39 is 0 Å². The summed E-state index contributed by atoms with van der Waals surface area (Å²) < 4.78 is 0. The Bertz CT molecular complexity index is 633. The van der Waals surface area contributed by atoms with E-state index in [2.05, 4.69) is 52.4 Å². The Morgan fingerprint density at radius 3 is 2.81 bits per heavy atom. The first kappa shape index (κ1) is 12.8. The molecule has 2 heteroatoms. The largest absolute Gasteiger partial charge is 0.295 e. The van der Waals surface area contributed by atoms with Crippen LogP contribution in [0.1, 0.15) is 24.0 Å². The molecule has 2 aromatic rings. The minimum absolute atomic E-state index is 0.690. The molecule has 1 aliphatic carbocycles. The fourth-order valence-electron chi connectivity index (χ4n) is 3.74. The minimum atomic E-state index is 0.690. The van der Waals surface area contributed by atoms with Gasteiger partial charge in [0.1, 0.15) is 0 Å². The number of benzene rings is 1. The summed E-state index contributed by atoms with van der Waals surface area (Å²) in [6.45, 7) is 2.28. The minimum Gasteiger partial charge on any atom is -0.295 e. The highest BCUT2D eigenvalue weighted by atomic mass is 15.2. The second-order valence-corrected chi connectivity index (χ2v) is 6.20. The van der Waals surface area contributed by atoms with Crippen LogP contribution in [0.5, 0.6) is 0 Å². The Balaban J connectivity index is 1.50. The van der Waals surface area contributed by atoms with E-state index >= 15 is 0 Å². The van der Waals surface area contributed by atoms with Gasteiger partial charge in [0.2, 0.25) is 0 Å². The summed E-state index contributed by atoms with van der Waals surface area (Å²) in [5, 5.41) is 0. The molecule has 0 saturated carbocycles. The number of hydrogen-bond acceptors (Lipinski definition) is 2. The normalized spacial score (nSPS) is 24.9. The lowest BCUT2D eigenvalue weighted by Gasteiger charge is -2.25. The molecule has 2 unspecified atom stereocenters. The van der Waals surface area contributed by atoms with Gasteiger partial charge in [-0.05, 0) is 41.5 Å². The Hall–Kier alpha value is -1.93. The van der Waals surface area contributed by atoms with E-state index in [1.54, 1.807) is 0 Å². The van der Waals surface area contributed by atoms with Crippen molar-refractivity contribution in [3.8, 4) is 0 Å². The standard InChI is InChI=1S/C19H20N2/c1-2-5-15(6-3-1)13-21-14-16-9-18(11-19(21)10-16)17-7-4-8-20-12-17/h1-9,12,16,19H,10-11,13-14H2. The Morgan fingerprint density at radius 2 is 2.00 bits per heavy atom. The van der Waals surface area contributed by atoms with Gasteiger partial charge in [-0.2, -0.15) is 0 Å². The van der Waals surface area contributed by atoms with Crippen LogP contribution in [0.4, 0.5) is 0 Å². The van der Waals surface area contributed by atoms with Crippen LogP contribution in [-0.4, -0.2) is 22.5 Å². The first-order chi connectivity index (χ1) is 10.4. The van der Waals surface area contributed by atoms with E-state index in [4.69, 9.17) is 0 Å². The van der Waals surface area contributed by atoms with Crippen molar-refractivity contribution in [3.05, 3.63) is 72.1 Å². The second-order valence-electron chi connectivity index (χ2n) is 6.20. The fourth-order valence-corrected chi connectivity index (χ4v) is 3.74. The summed E-state index contributed by atoms with van der Waals surface area (Å²) in [4.78, 5) is 6.92. The van der Waals surface area contributed by atoms with E-state index in [-0.39, 0.29) is 0 Å². The summed E-state index contributed by atoms with van der Waals surface area (Å²) in [7, 11) is 0. The molecule has 2 nitrogen and oxygen atoms in total. The number of rotatable bonds is 3.